The van der Waals surface area contributed by atoms with E-state index in [-0.39, 0.29) is 18.6 Å². The number of carbonyl (C=O) groups is 2. The number of carboxylic acid groups (broad SMARTS) is 1. The Morgan fingerprint density at radius 3 is 2.03 bits per heavy atom. The zero-order valence-corrected chi connectivity index (χ0v) is 23.5. The van der Waals surface area contributed by atoms with E-state index in [4.69, 9.17) is 27.9 Å². The number of benzene rings is 3. The lowest BCUT2D eigenvalue weighted by molar-refractivity contribution is -0.184. The third-order valence-corrected chi connectivity index (χ3v) is 7.82. The summed E-state index contributed by atoms with van der Waals surface area (Å²) in [6, 6.07) is 19.2. The standard InChI is InChI=1S/C29H29Cl2NO6S/c1-2-3-24(29(34)35)32-26(20-8-12-22(30)13-9-20)27(21-10-14-23(31)15-11-21)38-25(28(32)33)16-18-4-6-19(7-5-18)17-39(36)37/h4-15,24-27H,2-3,16-17H2,1H3,(H,34,35)(H,36,37)/p-1/t24-,25+,26-,27+/m1/s1. The summed E-state index contributed by atoms with van der Waals surface area (Å²) >= 11 is 10.1. The number of hydrogen-bond acceptors (Lipinski definition) is 5. The van der Waals surface area contributed by atoms with Crippen LogP contribution in [-0.2, 0) is 37.6 Å². The highest BCUT2D eigenvalue weighted by Gasteiger charge is 2.48. The Morgan fingerprint density at radius 1 is 0.974 bits per heavy atom. The van der Waals surface area contributed by atoms with Crippen LogP contribution in [-0.4, -0.2) is 42.8 Å². The van der Waals surface area contributed by atoms with Crippen LogP contribution in [0.5, 0.6) is 0 Å². The molecule has 1 saturated heterocycles. The Morgan fingerprint density at radius 2 is 1.51 bits per heavy atom. The third kappa shape index (κ3) is 7.07. The first kappa shape index (κ1) is 29.2. The van der Waals surface area contributed by atoms with Crippen LogP contribution < -0.4 is 0 Å². The van der Waals surface area contributed by atoms with E-state index in [2.05, 4.69) is 0 Å². The van der Waals surface area contributed by atoms with E-state index >= 15 is 0 Å². The molecule has 3 aromatic carbocycles. The SMILES string of the molecule is CCC[C@H](C(=O)O)N1C(=O)[C@H](Cc2ccc(CS(=O)[O-])cc2)O[C@@H](c2ccc(Cl)cc2)[C@H]1c1ccc(Cl)cc1. The molecule has 1 N–H and O–H groups in total. The summed E-state index contributed by atoms with van der Waals surface area (Å²) in [5, 5.41) is 11.3. The Bertz CT molecular complexity index is 1320. The number of ether oxygens (including phenoxy) is 1. The van der Waals surface area contributed by atoms with Gasteiger partial charge in [-0.3, -0.25) is 9.00 Å². The van der Waals surface area contributed by atoms with E-state index < -0.39 is 47.2 Å². The number of nitrogens with zero attached hydrogens (tertiary/aromatic N) is 1. The molecule has 206 valence electrons. The van der Waals surface area contributed by atoms with Gasteiger partial charge in [0, 0.05) is 22.2 Å². The van der Waals surface area contributed by atoms with Gasteiger partial charge in [0.05, 0.1) is 6.04 Å². The van der Waals surface area contributed by atoms with Crippen LogP contribution in [0.25, 0.3) is 0 Å². The third-order valence-electron chi connectivity index (χ3n) is 6.75. The van der Waals surface area contributed by atoms with E-state index in [1.54, 1.807) is 60.7 Å². The topological polar surface area (TPSA) is 107 Å². The fraction of sp³-hybridized carbons (Fsp3) is 0.310. The normalized spacial score (nSPS) is 21.0. The lowest BCUT2D eigenvalue weighted by atomic mass is 9.88. The lowest BCUT2D eigenvalue weighted by Crippen LogP contribution is -2.57. The molecule has 0 radical (unpaired) electrons. The molecule has 1 aliphatic rings. The number of carboxylic acids is 1. The van der Waals surface area contributed by atoms with E-state index in [0.29, 0.717) is 27.6 Å². The van der Waals surface area contributed by atoms with Crippen LogP contribution in [0.2, 0.25) is 10.0 Å². The molecule has 4 rings (SSSR count). The van der Waals surface area contributed by atoms with E-state index in [1.165, 1.54) is 4.90 Å². The highest BCUT2D eigenvalue weighted by Crippen LogP contribution is 2.44. The number of halogens is 2. The van der Waals surface area contributed by atoms with Gasteiger partial charge in [-0.2, -0.15) is 0 Å². The van der Waals surface area contributed by atoms with Gasteiger partial charge in [0.2, 0.25) is 0 Å². The highest BCUT2D eigenvalue weighted by atomic mass is 35.5. The molecule has 3 aromatic rings. The molecule has 0 spiro atoms. The van der Waals surface area contributed by atoms with Crippen molar-refractivity contribution in [2.75, 3.05) is 0 Å². The van der Waals surface area contributed by atoms with Crippen molar-refractivity contribution in [1.82, 2.24) is 4.90 Å². The average molecular weight is 590 g/mol. The summed E-state index contributed by atoms with van der Waals surface area (Å²) in [6.07, 6.45) is -0.633. The van der Waals surface area contributed by atoms with Crippen LogP contribution in [0.3, 0.4) is 0 Å². The maximum Gasteiger partial charge on any atom is 0.326 e. The van der Waals surface area contributed by atoms with E-state index in [9.17, 15) is 23.5 Å². The predicted octanol–water partition coefficient (Wildman–Crippen LogP) is 5.88. The molecule has 0 aromatic heterocycles. The summed E-state index contributed by atoms with van der Waals surface area (Å²) in [4.78, 5) is 28.0. The molecular formula is C29H28Cl2NO6S-. The van der Waals surface area contributed by atoms with Crippen molar-refractivity contribution < 1.29 is 28.2 Å². The number of hydrogen-bond donors (Lipinski definition) is 1. The van der Waals surface area contributed by atoms with Gasteiger partial charge in [0.15, 0.2) is 0 Å². The molecule has 1 amide bonds. The Hall–Kier alpha value is -2.75. The first-order valence-corrected chi connectivity index (χ1v) is 14.5. The fourth-order valence-electron chi connectivity index (χ4n) is 4.93. The van der Waals surface area contributed by atoms with Gasteiger partial charge in [0.25, 0.3) is 5.91 Å². The second-order valence-corrected chi connectivity index (χ2v) is 11.2. The van der Waals surface area contributed by atoms with Crippen LogP contribution in [0.15, 0.2) is 72.8 Å². The van der Waals surface area contributed by atoms with Crippen molar-refractivity contribution in [3.8, 4) is 0 Å². The molecule has 1 heterocycles. The van der Waals surface area contributed by atoms with Crippen molar-refractivity contribution in [3.05, 3.63) is 105 Å². The monoisotopic (exact) mass is 588 g/mol. The maximum absolute atomic E-state index is 14.1. The van der Waals surface area contributed by atoms with E-state index in [0.717, 1.165) is 11.1 Å². The number of amides is 1. The van der Waals surface area contributed by atoms with Crippen LogP contribution in [0, 0.1) is 0 Å². The van der Waals surface area contributed by atoms with Crippen LogP contribution in [0.4, 0.5) is 0 Å². The second-order valence-electron chi connectivity index (χ2n) is 9.45. The first-order valence-electron chi connectivity index (χ1n) is 12.5. The second kappa shape index (κ2) is 13.1. The Kier molecular flexibility index (Phi) is 9.80. The molecule has 1 unspecified atom stereocenters. The molecule has 1 fully saturated rings. The van der Waals surface area contributed by atoms with Gasteiger partial charge < -0.3 is 19.3 Å². The Labute approximate surface area is 240 Å². The lowest BCUT2D eigenvalue weighted by Gasteiger charge is -2.47. The molecule has 7 nitrogen and oxygen atoms in total. The van der Waals surface area contributed by atoms with Crippen LogP contribution >= 0.6 is 23.2 Å². The summed E-state index contributed by atoms with van der Waals surface area (Å²) in [6.45, 7) is 1.88. The molecule has 0 bridgehead atoms. The molecule has 0 saturated carbocycles. The van der Waals surface area contributed by atoms with E-state index in [1.807, 2.05) is 19.1 Å². The molecule has 10 heteroatoms. The first-order chi connectivity index (χ1) is 18.7. The van der Waals surface area contributed by atoms with Gasteiger partial charge in [-0.15, -0.1) is 0 Å². The largest absolute Gasteiger partial charge is 0.772 e. The van der Waals surface area contributed by atoms with Gasteiger partial charge >= 0.3 is 5.97 Å². The van der Waals surface area contributed by atoms with Gasteiger partial charge in [-0.05, 0) is 52.9 Å². The number of aliphatic carboxylic acids is 1. The smallest absolute Gasteiger partial charge is 0.326 e. The molecule has 39 heavy (non-hydrogen) atoms. The van der Waals surface area contributed by atoms with Crippen molar-refractivity contribution >= 4 is 46.2 Å². The average Bonchev–Trinajstić information content (AvgIpc) is 2.90. The summed E-state index contributed by atoms with van der Waals surface area (Å²) in [5.41, 5.74) is 2.83. The molecule has 1 aliphatic heterocycles. The van der Waals surface area contributed by atoms with Crippen molar-refractivity contribution in [2.45, 2.75) is 56.2 Å². The zero-order valence-electron chi connectivity index (χ0n) is 21.2. The van der Waals surface area contributed by atoms with Crippen LogP contribution in [0.1, 0.15) is 54.2 Å². The highest BCUT2D eigenvalue weighted by molar-refractivity contribution is 7.78. The summed E-state index contributed by atoms with van der Waals surface area (Å²) in [5.74, 6) is -1.62. The molecule has 5 atom stereocenters. The fourth-order valence-corrected chi connectivity index (χ4v) is 5.64. The van der Waals surface area contributed by atoms with Crippen molar-refractivity contribution in [2.24, 2.45) is 0 Å². The predicted molar refractivity (Wildman–Crippen MR) is 149 cm³/mol. The number of morpholine rings is 1. The minimum Gasteiger partial charge on any atom is -0.772 e. The molecule has 0 aliphatic carbocycles. The zero-order chi connectivity index (χ0) is 28.1. The van der Waals surface area contributed by atoms with Gasteiger partial charge in [-0.25, -0.2) is 4.79 Å². The van der Waals surface area contributed by atoms with Crippen molar-refractivity contribution in [1.29, 1.82) is 0 Å². The van der Waals surface area contributed by atoms with Gasteiger partial charge in [-0.1, -0.05) is 96.2 Å². The Balaban J connectivity index is 1.79. The van der Waals surface area contributed by atoms with Gasteiger partial charge in [0.1, 0.15) is 18.2 Å². The minimum absolute atomic E-state index is 0.106. The van der Waals surface area contributed by atoms with Crippen molar-refractivity contribution in [3.63, 3.8) is 0 Å². The maximum atomic E-state index is 14.1. The number of carbonyl (C=O) groups excluding carboxylic acids is 1. The summed E-state index contributed by atoms with van der Waals surface area (Å²) in [7, 11) is 0. The summed E-state index contributed by atoms with van der Waals surface area (Å²) < 4.78 is 28.6. The minimum atomic E-state index is -2.21. The number of rotatable bonds is 10. The quantitative estimate of drug-likeness (QED) is 0.296. The molecular weight excluding hydrogens is 561 g/mol.